The molecule has 2 aliphatic rings. The minimum Gasteiger partial charge on any atom is -0.497 e. The lowest BCUT2D eigenvalue weighted by atomic mass is 9.74. The van der Waals surface area contributed by atoms with E-state index in [0.717, 1.165) is 50.5 Å². The van der Waals surface area contributed by atoms with E-state index in [1.807, 2.05) is 35.2 Å². The summed E-state index contributed by atoms with van der Waals surface area (Å²) < 4.78 is 5.53. The number of amides is 1. The third-order valence-corrected chi connectivity index (χ3v) is 6.81. The van der Waals surface area contributed by atoms with Gasteiger partial charge in [-0.25, -0.2) is 0 Å². The van der Waals surface area contributed by atoms with E-state index in [2.05, 4.69) is 43.9 Å². The summed E-state index contributed by atoms with van der Waals surface area (Å²) in [4.78, 5) is 17.7. The molecule has 2 aromatic rings. The lowest BCUT2D eigenvalue weighted by Gasteiger charge is -2.40. The molecule has 2 aliphatic heterocycles. The molecule has 168 valence electrons. The Morgan fingerprint density at radius 3 is 2.41 bits per heavy atom. The summed E-state index contributed by atoms with van der Waals surface area (Å²) in [5, 5.41) is 9.01. The molecule has 1 spiro atoms. The van der Waals surface area contributed by atoms with Crippen molar-refractivity contribution >= 4 is 11.6 Å². The molecule has 0 aliphatic carbocycles. The average Bonchev–Trinajstić information content (AvgIpc) is 3.08. The smallest absolute Gasteiger partial charge is 0.227 e. The Kier molecular flexibility index (Phi) is 6.01. The summed E-state index contributed by atoms with van der Waals surface area (Å²) in [6.07, 6.45) is 2.57. The zero-order chi connectivity index (χ0) is 22.9. The standard InChI is InChI=1S/C27H33N3O2/c1-26(2,3)16-25(31)30-19-27(23-15-22(32-4)9-10-24(23)30)11-13-29(14-12-27)18-21-7-5-20(17-28)6-8-21/h5-10,15H,11-14,16,18-19H2,1-4H3. The molecule has 2 heterocycles. The number of nitrogens with zero attached hydrogens (tertiary/aromatic N) is 3. The quantitative estimate of drug-likeness (QED) is 0.692. The highest BCUT2D eigenvalue weighted by molar-refractivity contribution is 5.96. The van der Waals surface area contributed by atoms with E-state index in [0.29, 0.717) is 12.0 Å². The minimum atomic E-state index is -0.0378. The number of likely N-dealkylation sites (tertiary alicyclic amines) is 1. The predicted octanol–water partition coefficient (Wildman–Crippen LogP) is 4.88. The van der Waals surface area contributed by atoms with Crippen molar-refractivity contribution in [2.24, 2.45) is 5.41 Å². The van der Waals surface area contributed by atoms with E-state index < -0.39 is 0 Å². The van der Waals surface area contributed by atoms with Crippen LogP contribution in [0.25, 0.3) is 0 Å². The van der Waals surface area contributed by atoms with Crippen LogP contribution in [0.1, 0.15) is 56.7 Å². The molecule has 0 aromatic heterocycles. The third kappa shape index (κ3) is 4.52. The van der Waals surface area contributed by atoms with Crippen LogP contribution in [0.3, 0.4) is 0 Å². The van der Waals surface area contributed by atoms with Gasteiger partial charge in [0.25, 0.3) is 0 Å². The normalized spacial score (nSPS) is 17.8. The molecule has 0 radical (unpaired) electrons. The fourth-order valence-corrected chi connectivity index (χ4v) is 5.06. The maximum atomic E-state index is 13.2. The van der Waals surface area contributed by atoms with Crippen molar-refractivity contribution in [3.8, 4) is 11.8 Å². The number of carbonyl (C=O) groups excluding carboxylic acids is 1. The Morgan fingerprint density at radius 2 is 1.81 bits per heavy atom. The molecular formula is C27H33N3O2. The minimum absolute atomic E-state index is 0.0153. The van der Waals surface area contributed by atoms with Crippen molar-refractivity contribution in [2.45, 2.75) is 52.0 Å². The van der Waals surface area contributed by atoms with E-state index in [1.165, 1.54) is 11.1 Å². The number of methoxy groups -OCH3 is 1. The van der Waals surface area contributed by atoms with Crippen molar-refractivity contribution in [1.29, 1.82) is 5.26 Å². The van der Waals surface area contributed by atoms with Crippen LogP contribution in [-0.2, 0) is 16.8 Å². The first-order valence-electron chi connectivity index (χ1n) is 11.4. The number of nitriles is 1. The summed E-state index contributed by atoms with van der Waals surface area (Å²) in [6, 6.07) is 16.2. The maximum Gasteiger partial charge on any atom is 0.227 e. The summed E-state index contributed by atoms with van der Waals surface area (Å²) in [6.45, 7) is 9.97. The van der Waals surface area contributed by atoms with Gasteiger partial charge < -0.3 is 9.64 Å². The van der Waals surface area contributed by atoms with Gasteiger partial charge in [0.1, 0.15) is 5.75 Å². The molecule has 0 N–H and O–H groups in total. The first-order chi connectivity index (χ1) is 15.2. The van der Waals surface area contributed by atoms with Crippen molar-refractivity contribution in [2.75, 3.05) is 31.6 Å². The second-order valence-corrected chi connectivity index (χ2v) is 10.5. The SMILES string of the molecule is COc1ccc2c(c1)C1(CCN(Cc3ccc(C#N)cc3)CC1)CN2C(=O)CC(C)(C)C. The Bertz CT molecular complexity index is 1020. The van der Waals surface area contributed by atoms with Crippen LogP contribution in [0.2, 0.25) is 0 Å². The van der Waals surface area contributed by atoms with Crippen molar-refractivity contribution in [3.63, 3.8) is 0 Å². The second kappa shape index (κ2) is 8.60. The van der Waals surface area contributed by atoms with Crippen LogP contribution in [0.15, 0.2) is 42.5 Å². The second-order valence-electron chi connectivity index (χ2n) is 10.5. The molecule has 0 unspecified atom stereocenters. The molecule has 32 heavy (non-hydrogen) atoms. The average molecular weight is 432 g/mol. The van der Waals surface area contributed by atoms with Gasteiger partial charge in [-0.05, 0) is 72.8 Å². The molecule has 5 nitrogen and oxygen atoms in total. The topological polar surface area (TPSA) is 56.6 Å². The first-order valence-corrected chi connectivity index (χ1v) is 11.4. The number of benzene rings is 2. The Balaban J connectivity index is 1.53. The van der Waals surface area contributed by atoms with Crippen molar-refractivity contribution in [1.82, 2.24) is 4.90 Å². The molecule has 1 saturated heterocycles. The zero-order valence-electron chi connectivity index (χ0n) is 19.6. The Labute approximate surface area is 191 Å². The molecular weight excluding hydrogens is 398 g/mol. The van der Waals surface area contributed by atoms with E-state index >= 15 is 0 Å². The van der Waals surface area contributed by atoms with Gasteiger partial charge in [-0.2, -0.15) is 5.26 Å². The van der Waals surface area contributed by atoms with Crippen LogP contribution in [0.4, 0.5) is 5.69 Å². The number of hydrogen-bond acceptors (Lipinski definition) is 4. The molecule has 0 atom stereocenters. The number of rotatable bonds is 4. The van der Waals surface area contributed by atoms with Gasteiger partial charge >= 0.3 is 0 Å². The van der Waals surface area contributed by atoms with Crippen LogP contribution < -0.4 is 9.64 Å². The van der Waals surface area contributed by atoms with E-state index in [1.54, 1.807) is 7.11 Å². The Hall–Kier alpha value is -2.84. The van der Waals surface area contributed by atoms with Gasteiger partial charge in [0.2, 0.25) is 5.91 Å². The lowest BCUT2D eigenvalue weighted by Crippen LogP contribution is -2.46. The molecule has 1 fully saturated rings. The third-order valence-electron chi connectivity index (χ3n) is 6.81. The molecule has 5 heteroatoms. The van der Waals surface area contributed by atoms with Crippen LogP contribution in [-0.4, -0.2) is 37.6 Å². The Morgan fingerprint density at radius 1 is 1.12 bits per heavy atom. The van der Waals surface area contributed by atoms with Crippen LogP contribution in [0, 0.1) is 16.7 Å². The zero-order valence-corrected chi connectivity index (χ0v) is 19.6. The van der Waals surface area contributed by atoms with Gasteiger partial charge in [-0.1, -0.05) is 32.9 Å². The van der Waals surface area contributed by atoms with E-state index in [9.17, 15) is 4.79 Å². The molecule has 0 saturated carbocycles. The fraction of sp³-hybridized carbons (Fsp3) is 0.481. The molecule has 0 bridgehead atoms. The van der Waals surface area contributed by atoms with Crippen molar-refractivity contribution < 1.29 is 9.53 Å². The lowest BCUT2D eigenvalue weighted by molar-refractivity contribution is -0.120. The largest absolute Gasteiger partial charge is 0.497 e. The van der Waals surface area contributed by atoms with Crippen LogP contribution in [0.5, 0.6) is 5.75 Å². The summed E-state index contributed by atoms with van der Waals surface area (Å²) in [7, 11) is 1.70. The first kappa shape index (κ1) is 22.4. The summed E-state index contributed by atoms with van der Waals surface area (Å²) in [5.41, 5.74) is 4.19. The van der Waals surface area contributed by atoms with Gasteiger partial charge in [0, 0.05) is 30.6 Å². The molecule has 2 aromatic carbocycles. The van der Waals surface area contributed by atoms with Crippen LogP contribution >= 0.6 is 0 Å². The van der Waals surface area contributed by atoms with Gasteiger partial charge in [0.05, 0.1) is 18.7 Å². The number of piperidine rings is 1. The highest BCUT2D eigenvalue weighted by Crippen LogP contribution is 2.49. The number of anilines is 1. The monoisotopic (exact) mass is 431 g/mol. The van der Waals surface area contributed by atoms with Gasteiger partial charge in [-0.3, -0.25) is 9.69 Å². The molecule has 4 rings (SSSR count). The highest BCUT2D eigenvalue weighted by Gasteiger charge is 2.46. The van der Waals surface area contributed by atoms with Gasteiger partial charge in [-0.15, -0.1) is 0 Å². The number of ether oxygens (including phenoxy) is 1. The maximum absolute atomic E-state index is 13.2. The van der Waals surface area contributed by atoms with E-state index in [-0.39, 0.29) is 16.7 Å². The predicted molar refractivity (Wildman–Crippen MR) is 127 cm³/mol. The van der Waals surface area contributed by atoms with Crippen molar-refractivity contribution in [3.05, 3.63) is 59.2 Å². The van der Waals surface area contributed by atoms with Gasteiger partial charge in [0.15, 0.2) is 0 Å². The summed E-state index contributed by atoms with van der Waals surface area (Å²) >= 11 is 0. The number of fused-ring (bicyclic) bond motifs is 2. The fourth-order valence-electron chi connectivity index (χ4n) is 5.06. The number of carbonyl (C=O) groups is 1. The summed E-state index contributed by atoms with van der Waals surface area (Å²) in [5.74, 6) is 1.06. The highest BCUT2D eigenvalue weighted by atomic mass is 16.5. The molecule has 1 amide bonds. The van der Waals surface area contributed by atoms with E-state index in [4.69, 9.17) is 10.00 Å². The number of hydrogen-bond donors (Lipinski definition) is 0.